The molecule has 238 valence electrons. The number of allylic oxidation sites excluding steroid dienone is 1. The minimum Gasteiger partial charge on any atom is -0.322 e. The Kier molecular flexibility index (Phi) is 14.8. The minimum atomic E-state index is -4.02. The molecule has 0 aliphatic rings. The van der Waals surface area contributed by atoms with E-state index in [2.05, 4.69) is 10.4 Å². The molecule has 1 aromatic heterocycles. The second-order valence-electron chi connectivity index (χ2n) is 11.4. The number of aromatic nitrogens is 1. The van der Waals surface area contributed by atoms with Crippen molar-refractivity contribution in [1.82, 2.24) is 15.9 Å². The number of aryl methyl sites for hydroxylation is 1. The molecule has 0 aliphatic heterocycles. The van der Waals surface area contributed by atoms with Gasteiger partial charge in [0, 0.05) is 12.4 Å². The fraction of sp³-hybridized carbons (Fsp3) is 0.467. The lowest BCUT2D eigenvalue weighted by Gasteiger charge is -2.42. The van der Waals surface area contributed by atoms with E-state index in [0.717, 1.165) is 5.56 Å². The van der Waals surface area contributed by atoms with Crippen molar-refractivity contribution < 1.29 is 32.6 Å². The van der Waals surface area contributed by atoms with Gasteiger partial charge in [-0.15, -0.1) is 0 Å². The summed E-state index contributed by atoms with van der Waals surface area (Å²) in [4.78, 5) is 43.6. The number of rotatable bonds is 13. The van der Waals surface area contributed by atoms with Gasteiger partial charge in [-0.2, -0.15) is 8.42 Å². The largest absolute Gasteiger partial charge is 0.322 e. The maximum atomic E-state index is 13.7. The molecule has 0 fully saturated rings. The number of carbonyl (C=O) groups is 3. The number of ketones is 1. The molecule has 43 heavy (non-hydrogen) atoms. The molecule has 2 amide bonds. The lowest BCUT2D eigenvalue weighted by atomic mass is 9.60. The van der Waals surface area contributed by atoms with Crippen LogP contribution in [-0.4, -0.2) is 46.8 Å². The molecule has 0 saturated heterocycles. The van der Waals surface area contributed by atoms with Crippen molar-refractivity contribution in [3.05, 3.63) is 66.0 Å². The predicted molar refractivity (Wildman–Crippen MR) is 164 cm³/mol. The molecule has 0 saturated carbocycles. The molecule has 0 bridgehead atoms. The van der Waals surface area contributed by atoms with Gasteiger partial charge in [0.25, 0.3) is 10.1 Å². The van der Waals surface area contributed by atoms with Crippen molar-refractivity contribution in [1.29, 1.82) is 0 Å². The van der Waals surface area contributed by atoms with E-state index in [4.69, 9.17) is 16.1 Å². The highest BCUT2D eigenvalue weighted by Gasteiger charge is 2.53. The fourth-order valence-electron chi connectivity index (χ4n) is 5.02. The molecule has 1 aromatic carbocycles. The second kappa shape index (κ2) is 17.0. The van der Waals surface area contributed by atoms with Crippen molar-refractivity contribution in [2.45, 2.75) is 65.3 Å². The van der Waals surface area contributed by atoms with Gasteiger partial charge < -0.3 is 5.73 Å². The monoisotopic (exact) mass is 619 g/mol. The molecule has 12 nitrogen and oxygen atoms in total. The molecule has 4 atom stereocenters. The topological polar surface area (TPSA) is 215 Å². The summed E-state index contributed by atoms with van der Waals surface area (Å²) in [6, 6.07) is 8.63. The fourth-order valence-corrected chi connectivity index (χ4v) is 5.50. The van der Waals surface area contributed by atoms with E-state index in [9.17, 15) is 28.0 Å². The summed E-state index contributed by atoms with van der Waals surface area (Å²) < 4.78 is 29.6. The van der Waals surface area contributed by atoms with Crippen molar-refractivity contribution in [2.75, 3.05) is 0 Å². The van der Waals surface area contributed by atoms with Gasteiger partial charge in [-0.3, -0.25) is 34.6 Å². The molecule has 0 spiro atoms. The average molecular weight is 620 g/mol. The van der Waals surface area contributed by atoms with Gasteiger partial charge in [-0.05, 0) is 62.3 Å². The summed E-state index contributed by atoms with van der Waals surface area (Å²) in [5, 5.41) is 9.61. The van der Waals surface area contributed by atoms with Gasteiger partial charge >= 0.3 is 0 Å². The summed E-state index contributed by atoms with van der Waals surface area (Å²) in [6.45, 7) is 11.0. The lowest BCUT2D eigenvalue weighted by molar-refractivity contribution is -0.151. The third-order valence-corrected chi connectivity index (χ3v) is 7.62. The number of nitrogens with one attached hydrogen (secondary N) is 2. The second-order valence-corrected chi connectivity index (χ2v) is 12.8. The van der Waals surface area contributed by atoms with Crippen molar-refractivity contribution in [3.8, 4) is 0 Å². The standard InChI is InChI=1S/C23H37N5O4.C7H8O3S/c1-14(2)11-18(21(30)27-25)19(22(31)28-32)23(12-15(3)4,20(29)16(5)24)9-8-17-7-6-10-26-13-17;1-6-2-4-7(5-3-6)11(8,9)10/h6-10,13-16,18-19,32H,11-12,24-25H2,1-5H3,(H,27,30)(H,28,31);2-5H,1H3,(H,8,9,10)/b9-8+;/t16-,18-,19-,23?;/m1./s1. The molecule has 2 rings (SSSR count). The summed E-state index contributed by atoms with van der Waals surface area (Å²) in [5.41, 5.74) is 10.0. The van der Waals surface area contributed by atoms with Gasteiger partial charge in [0.2, 0.25) is 11.8 Å². The van der Waals surface area contributed by atoms with Crippen LogP contribution in [0.2, 0.25) is 0 Å². The smallest absolute Gasteiger partial charge is 0.294 e. The quantitative estimate of drug-likeness (QED) is 0.0633. The van der Waals surface area contributed by atoms with E-state index in [1.165, 1.54) is 12.1 Å². The molecule has 1 unspecified atom stereocenters. The number of hydroxylamine groups is 1. The van der Waals surface area contributed by atoms with E-state index >= 15 is 0 Å². The number of pyridine rings is 1. The number of carbonyl (C=O) groups excluding carboxylic acids is 3. The average Bonchev–Trinajstić information content (AvgIpc) is 2.94. The number of hydrogen-bond acceptors (Lipinski definition) is 9. The number of nitrogens with zero attached hydrogens (tertiary/aromatic N) is 1. The number of amides is 2. The minimum absolute atomic E-state index is 0.00995. The van der Waals surface area contributed by atoms with Crippen LogP contribution < -0.4 is 22.5 Å². The Morgan fingerprint density at radius 1 is 1.02 bits per heavy atom. The van der Waals surface area contributed by atoms with E-state index in [1.807, 2.05) is 34.6 Å². The van der Waals surface area contributed by atoms with Crippen LogP contribution in [0, 0.1) is 36.0 Å². The van der Waals surface area contributed by atoms with Crippen molar-refractivity contribution >= 4 is 33.8 Å². The van der Waals surface area contributed by atoms with Gasteiger partial charge in [0.15, 0.2) is 5.78 Å². The van der Waals surface area contributed by atoms with E-state index < -0.39 is 51.0 Å². The zero-order chi connectivity index (χ0) is 33.0. The van der Waals surface area contributed by atoms with Crippen LogP contribution in [0.1, 0.15) is 58.6 Å². The molecule has 13 heteroatoms. The lowest BCUT2D eigenvalue weighted by Crippen LogP contribution is -2.56. The highest BCUT2D eigenvalue weighted by atomic mass is 32.2. The van der Waals surface area contributed by atoms with Gasteiger partial charge in [0.1, 0.15) is 0 Å². The Morgan fingerprint density at radius 2 is 1.63 bits per heavy atom. The summed E-state index contributed by atoms with van der Waals surface area (Å²) in [6.07, 6.45) is 7.07. The molecule has 0 aliphatic carbocycles. The Balaban J connectivity index is 0.000000699. The number of benzene rings is 1. The Labute approximate surface area is 254 Å². The SMILES string of the molecule is CC(C)C[C@@H](C(=O)NN)[C@H](C(=O)NO)C(/C=C/c1cccnc1)(CC(C)C)C(=O)[C@@H](C)N.Cc1ccc(S(=O)(=O)O)cc1. The Bertz CT molecular complexity index is 1330. The molecular weight excluding hydrogens is 574 g/mol. The molecular formula is C30H45N5O7S. The molecule has 0 radical (unpaired) electrons. The highest BCUT2D eigenvalue weighted by Crippen LogP contribution is 2.45. The summed E-state index contributed by atoms with van der Waals surface area (Å²) in [7, 11) is -4.02. The predicted octanol–water partition coefficient (Wildman–Crippen LogP) is 3.06. The van der Waals surface area contributed by atoms with E-state index in [0.29, 0.717) is 5.56 Å². The van der Waals surface area contributed by atoms with Crippen LogP contribution in [0.5, 0.6) is 0 Å². The third kappa shape index (κ3) is 11.3. The normalized spacial score (nSPS) is 15.2. The first-order valence-electron chi connectivity index (χ1n) is 13.9. The molecule has 8 N–H and O–H groups in total. The third-order valence-electron chi connectivity index (χ3n) is 6.75. The first-order chi connectivity index (χ1) is 20.0. The molecule has 1 heterocycles. The van der Waals surface area contributed by atoms with Gasteiger partial charge in [-0.1, -0.05) is 63.6 Å². The number of Topliss-reactive ketones (excluding diaryl/α,β-unsaturated/α-hetero) is 1. The first kappa shape index (κ1) is 37.5. The van der Waals surface area contributed by atoms with E-state index in [-0.39, 0.29) is 29.6 Å². The maximum Gasteiger partial charge on any atom is 0.294 e. The summed E-state index contributed by atoms with van der Waals surface area (Å²) >= 11 is 0. The van der Waals surface area contributed by atoms with Crippen molar-refractivity contribution in [2.24, 2.45) is 40.7 Å². The van der Waals surface area contributed by atoms with Crippen LogP contribution in [-0.2, 0) is 24.5 Å². The first-order valence-corrected chi connectivity index (χ1v) is 15.3. The van der Waals surface area contributed by atoms with Crippen LogP contribution in [0.25, 0.3) is 6.08 Å². The zero-order valence-electron chi connectivity index (χ0n) is 25.5. The number of nitrogens with two attached hydrogens (primary N) is 2. The Hall–Kier alpha value is -3.49. The van der Waals surface area contributed by atoms with Crippen LogP contribution in [0.4, 0.5) is 0 Å². The highest BCUT2D eigenvalue weighted by molar-refractivity contribution is 7.85. The maximum absolute atomic E-state index is 13.7. The number of hydrogen-bond donors (Lipinski definition) is 6. The molecule has 2 aromatic rings. The van der Waals surface area contributed by atoms with Gasteiger partial charge in [-0.25, -0.2) is 11.3 Å². The number of hydrazine groups is 1. The van der Waals surface area contributed by atoms with Gasteiger partial charge in [0.05, 0.1) is 28.2 Å². The van der Waals surface area contributed by atoms with Crippen LogP contribution in [0.15, 0.2) is 59.8 Å². The van der Waals surface area contributed by atoms with Crippen molar-refractivity contribution in [3.63, 3.8) is 0 Å². The zero-order valence-corrected chi connectivity index (χ0v) is 26.3. The Morgan fingerprint density at radius 3 is 2.05 bits per heavy atom. The summed E-state index contributed by atoms with van der Waals surface area (Å²) in [5.74, 6) is 1.36. The van der Waals surface area contributed by atoms with Crippen LogP contribution >= 0.6 is 0 Å². The van der Waals surface area contributed by atoms with Crippen LogP contribution in [0.3, 0.4) is 0 Å². The van der Waals surface area contributed by atoms with E-state index in [1.54, 1.807) is 61.2 Å².